The molecule has 1 aromatic heterocycles. The summed E-state index contributed by atoms with van der Waals surface area (Å²) in [5.74, 6) is 0.285. The smallest absolute Gasteiger partial charge is 0.290 e. The number of likely N-dealkylation sites (N-methyl/N-ethyl adjacent to an activating group) is 1. The number of benzene rings is 2. The predicted octanol–water partition coefficient (Wildman–Crippen LogP) is 4.99. The van der Waals surface area contributed by atoms with Gasteiger partial charge in [0.25, 0.3) is 5.91 Å². The van der Waals surface area contributed by atoms with E-state index in [1.807, 2.05) is 38.1 Å². The number of carbonyl (C=O) groups is 1. The monoisotopic (exact) mass is 438 g/mol. The van der Waals surface area contributed by atoms with Crippen molar-refractivity contribution in [3.63, 3.8) is 0 Å². The minimum Gasteiger partial charge on any atom is -0.450 e. The van der Waals surface area contributed by atoms with Crippen LogP contribution in [0.4, 0.5) is 0 Å². The van der Waals surface area contributed by atoms with Gasteiger partial charge >= 0.3 is 0 Å². The lowest BCUT2D eigenvalue weighted by Gasteiger charge is -2.26. The second kappa shape index (κ2) is 8.13. The van der Waals surface area contributed by atoms with Crippen LogP contribution in [0, 0.1) is 6.92 Å². The van der Waals surface area contributed by atoms with Crippen molar-refractivity contribution in [3.8, 4) is 0 Å². The van der Waals surface area contributed by atoms with Crippen LogP contribution in [0.25, 0.3) is 11.0 Å². The predicted molar refractivity (Wildman–Crippen MR) is 124 cm³/mol. The third kappa shape index (κ3) is 3.77. The van der Waals surface area contributed by atoms with Gasteiger partial charge < -0.3 is 14.2 Å². The van der Waals surface area contributed by atoms with E-state index in [1.54, 1.807) is 17.0 Å². The van der Waals surface area contributed by atoms with E-state index < -0.39 is 6.04 Å². The summed E-state index contributed by atoms with van der Waals surface area (Å²) < 4.78 is 6.02. The Bertz CT molecular complexity index is 1210. The van der Waals surface area contributed by atoms with Crippen LogP contribution in [0.15, 0.2) is 45.6 Å². The Morgan fingerprint density at radius 1 is 1.13 bits per heavy atom. The second-order valence-electron chi connectivity index (χ2n) is 8.80. The molecule has 31 heavy (non-hydrogen) atoms. The highest BCUT2D eigenvalue weighted by Crippen LogP contribution is 2.38. The lowest BCUT2D eigenvalue weighted by atomic mass is 9.95. The van der Waals surface area contributed by atoms with E-state index in [9.17, 15) is 9.59 Å². The topological polar surface area (TPSA) is 53.8 Å². The normalized spacial score (nSPS) is 16.1. The number of nitrogens with zero attached hydrogens (tertiary/aromatic N) is 2. The van der Waals surface area contributed by atoms with Crippen LogP contribution in [0.5, 0.6) is 0 Å². The minimum atomic E-state index is -0.482. The van der Waals surface area contributed by atoms with E-state index >= 15 is 0 Å². The van der Waals surface area contributed by atoms with Crippen molar-refractivity contribution in [2.24, 2.45) is 0 Å². The van der Waals surface area contributed by atoms with Gasteiger partial charge in [0.15, 0.2) is 5.43 Å². The first-order valence-electron chi connectivity index (χ1n) is 10.5. The zero-order chi connectivity index (χ0) is 22.4. The molecule has 3 aromatic rings. The zero-order valence-electron chi connectivity index (χ0n) is 18.5. The fourth-order valence-corrected chi connectivity index (χ4v) is 4.25. The molecule has 0 saturated carbocycles. The Labute approximate surface area is 187 Å². The lowest BCUT2D eigenvalue weighted by molar-refractivity contribution is 0.0716. The molecule has 0 fully saturated rings. The molecule has 6 heteroatoms. The first-order valence-corrected chi connectivity index (χ1v) is 10.9. The van der Waals surface area contributed by atoms with E-state index in [0.717, 1.165) is 11.1 Å². The van der Waals surface area contributed by atoms with E-state index in [1.165, 1.54) is 5.56 Å². The molecule has 0 aliphatic carbocycles. The molecular formula is C25H27ClN2O3. The van der Waals surface area contributed by atoms with Gasteiger partial charge in [0.05, 0.1) is 17.0 Å². The van der Waals surface area contributed by atoms with Crippen LogP contribution in [0.2, 0.25) is 5.02 Å². The maximum atomic E-state index is 13.6. The summed E-state index contributed by atoms with van der Waals surface area (Å²) in [6, 6.07) is 11.0. The average molecular weight is 439 g/mol. The largest absolute Gasteiger partial charge is 0.450 e. The molecule has 5 nitrogen and oxygen atoms in total. The molecule has 1 amide bonds. The van der Waals surface area contributed by atoms with Crippen LogP contribution in [0.3, 0.4) is 0 Å². The van der Waals surface area contributed by atoms with Gasteiger partial charge in [0.2, 0.25) is 5.76 Å². The standard InChI is InChI=1S/C25H27ClN2O3/c1-14(2)16-6-8-17(9-7-16)22-21-23(29)18-13-19(26)15(3)12-20(18)31-24(21)25(30)28(22)11-10-27(4)5/h6-9,12-14,22H,10-11H2,1-5H3. The molecule has 4 rings (SSSR count). The van der Waals surface area contributed by atoms with Gasteiger partial charge in [-0.25, -0.2) is 0 Å². The maximum Gasteiger partial charge on any atom is 0.290 e. The number of fused-ring (bicyclic) bond motifs is 2. The summed E-state index contributed by atoms with van der Waals surface area (Å²) in [7, 11) is 3.92. The van der Waals surface area contributed by atoms with Crippen LogP contribution in [-0.4, -0.2) is 42.9 Å². The maximum absolute atomic E-state index is 13.6. The summed E-state index contributed by atoms with van der Waals surface area (Å²) in [6.07, 6.45) is 0. The molecule has 0 saturated heterocycles. The summed E-state index contributed by atoms with van der Waals surface area (Å²) in [6.45, 7) is 7.29. The van der Waals surface area contributed by atoms with Gasteiger partial charge in [-0.15, -0.1) is 0 Å². The van der Waals surface area contributed by atoms with Crippen molar-refractivity contribution < 1.29 is 9.21 Å². The van der Waals surface area contributed by atoms with E-state index in [-0.39, 0.29) is 17.1 Å². The Morgan fingerprint density at radius 3 is 2.42 bits per heavy atom. The van der Waals surface area contributed by atoms with Crippen LogP contribution in [-0.2, 0) is 0 Å². The van der Waals surface area contributed by atoms with Crippen LogP contribution < -0.4 is 5.43 Å². The summed E-state index contributed by atoms with van der Waals surface area (Å²) in [5.41, 5.74) is 3.50. The van der Waals surface area contributed by atoms with Crippen LogP contribution >= 0.6 is 11.6 Å². The van der Waals surface area contributed by atoms with Crippen molar-refractivity contribution in [1.82, 2.24) is 9.80 Å². The molecule has 1 atom stereocenters. The average Bonchev–Trinajstić information content (AvgIpc) is 3.00. The molecule has 1 aliphatic heterocycles. The minimum absolute atomic E-state index is 0.135. The fourth-order valence-electron chi connectivity index (χ4n) is 4.09. The summed E-state index contributed by atoms with van der Waals surface area (Å²) in [5, 5.41) is 0.909. The molecule has 0 spiro atoms. The number of halogens is 1. The first-order chi connectivity index (χ1) is 14.7. The van der Waals surface area contributed by atoms with Gasteiger partial charge in [0.1, 0.15) is 5.58 Å². The Morgan fingerprint density at radius 2 is 1.81 bits per heavy atom. The quantitative estimate of drug-likeness (QED) is 0.563. The SMILES string of the molecule is Cc1cc2oc3c(c(=O)c2cc1Cl)C(c1ccc(C(C)C)cc1)N(CCN(C)C)C3=O. The fraction of sp³-hybridized carbons (Fsp3) is 0.360. The number of hydrogen-bond acceptors (Lipinski definition) is 4. The van der Waals surface area contributed by atoms with Gasteiger partial charge in [-0.05, 0) is 55.8 Å². The molecule has 0 N–H and O–H groups in total. The first kappa shape index (κ1) is 21.6. The van der Waals surface area contributed by atoms with E-state index in [0.29, 0.717) is 40.6 Å². The Hall–Kier alpha value is -2.63. The molecule has 2 heterocycles. The highest BCUT2D eigenvalue weighted by Gasteiger charge is 2.42. The number of hydrogen-bond donors (Lipinski definition) is 0. The molecular weight excluding hydrogens is 412 g/mol. The molecule has 162 valence electrons. The Kier molecular flexibility index (Phi) is 5.67. The number of carbonyl (C=O) groups excluding carboxylic acids is 1. The number of amides is 1. The van der Waals surface area contributed by atoms with E-state index in [2.05, 4.69) is 26.0 Å². The summed E-state index contributed by atoms with van der Waals surface area (Å²) >= 11 is 6.29. The van der Waals surface area contributed by atoms with Gasteiger partial charge in [0, 0.05) is 18.1 Å². The molecule has 2 aromatic carbocycles. The molecule has 0 bridgehead atoms. The van der Waals surface area contributed by atoms with Gasteiger partial charge in [-0.1, -0.05) is 49.7 Å². The van der Waals surface area contributed by atoms with Gasteiger partial charge in [-0.2, -0.15) is 0 Å². The van der Waals surface area contributed by atoms with Crippen molar-refractivity contribution >= 4 is 28.5 Å². The Balaban J connectivity index is 1.92. The second-order valence-corrected chi connectivity index (χ2v) is 9.20. The number of aryl methyl sites for hydroxylation is 1. The summed E-state index contributed by atoms with van der Waals surface area (Å²) in [4.78, 5) is 30.7. The zero-order valence-corrected chi connectivity index (χ0v) is 19.3. The molecule has 1 aliphatic rings. The van der Waals surface area contributed by atoms with Crippen molar-refractivity contribution in [2.45, 2.75) is 32.7 Å². The van der Waals surface area contributed by atoms with Crippen molar-refractivity contribution in [3.05, 3.63) is 79.7 Å². The number of rotatable bonds is 5. The van der Waals surface area contributed by atoms with E-state index in [4.69, 9.17) is 16.0 Å². The highest BCUT2D eigenvalue weighted by atomic mass is 35.5. The third-order valence-corrected chi connectivity index (χ3v) is 6.36. The van der Waals surface area contributed by atoms with Crippen molar-refractivity contribution in [2.75, 3.05) is 27.2 Å². The molecule has 0 radical (unpaired) electrons. The van der Waals surface area contributed by atoms with Gasteiger partial charge in [-0.3, -0.25) is 9.59 Å². The van der Waals surface area contributed by atoms with Crippen LogP contribution in [0.1, 0.15) is 58.6 Å². The highest BCUT2D eigenvalue weighted by molar-refractivity contribution is 6.32. The van der Waals surface area contributed by atoms with Crippen molar-refractivity contribution in [1.29, 1.82) is 0 Å². The molecule has 1 unspecified atom stereocenters. The third-order valence-electron chi connectivity index (χ3n) is 5.95. The lowest BCUT2D eigenvalue weighted by Crippen LogP contribution is -2.35.